The molecule has 7 heteroatoms. The van der Waals surface area contributed by atoms with Crippen molar-refractivity contribution in [2.24, 2.45) is 0 Å². The average molecular weight is 281 g/mol. The van der Waals surface area contributed by atoms with Gasteiger partial charge in [-0.15, -0.1) is 0 Å². The average Bonchev–Trinajstić information content (AvgIpc) is 2.24. The van der Waals surface area contributed by atoms with E-state index in [9.17, 15) is 12.8 Å². The number of hydrogen-bond acceptors (Lipinski definition) is 3. The highest BCUT2D eigenvalue weighted by atomic mass is 35.5. The lowest BCUT2D eigenvalue weighted by atomic mass is 10.3. The third-order valence-electron chi connectivity index (χ3n) is 2.06. The molecule has 0 heterocycles. The van der Waals surface area contributed by atoms with Crippen molar-refractivity contribution in [1.29, 1.82) is 0 Å². The quantitative estimate of drug-likeness (QED) is 0.782. The highest BCUT2D eigenvalue weighted by molar-refractivity contribution is 7.92. The fourth-order valence-electron chi connectivity index (χ4n) is 1.24. The summed E-state index contributed by atoms with van der Waals surface area (Å²) < 4.78 is 38.7. The lowest BCUT2D eigenvalue weighted by Gasteiger charge is -2.10. The third kappa shape index (κ3) is 4.49. The first-order chi connectivity index (χ1) is 7.96. The molecule has 0 bridgehead atoms. The van der Waals surface area contributed by atoms with E-state index in [1.807, 2.05) is 0 Å². The molecule has 96 valence electrons. The van der Waals surface area contributed by atoms with Gasteiger partial charge >= 0.3 is 0 Å². The highest BCUT2D eigenvalue weighted by Crippen LogP contribution is 2.25. The summed E-state index contributed by atoms with van der Waals surface area (Å²) in [4.78, 5) is 0. The first-order valence-corrected chi connectivity index (χ1v) is 7.08. The molecule has 0 aliphatic rings. The maximum Gasteiger partial charge on any atom is 0.232 e. The van der Waals surface area contributed by atoms with Gasteiger partial charge in [0.1, 0.15) is 11.5 Å². The molecular weight excluding hydrogens is 267 g/mol. The van der Waals surface area contributed by atoms with Gasteiger partial charge in [-0.25, -0.2) is 12.8 Å². The van der Waals surface area contributed by atoms with Gasteiger partial charge in [0.2, 0.25) is 10.0 Å². The Balaban J connectivity index is 2.76. The molecule has 0 aromatic heterocycles. The molecule has 0 atom stereocenters. The van der Waals surface area contributed by atoms with E-state index in [4.69, 9.17) is 11.6 Å². The van der Waals surface area contributed by atoms with E-state index in [0.29, 0.717) is 13.0 Å². The lowest BCUT2D eigenvalue weighted by molar-refractivity contribution is 0.594. The number of rotatable bonds is 6. The number of benzene rings is 1. The van der Waals surface area contributed by atoms with Crippen LogP contribution < -0.4 is 10.0 Å². The highest BCUT2D eigenvalue weighted by Gasteiger charge is 2.15. The Bertz CT molecular complexity index is 459. The molecule has 0 spiro atoms. The van der Waals surface area contributed by atoms with E-state index in [1.165, 1.54) is 12.1 Å². The van der Waals surface area contributed by atoms with Crippen molar-refractivity contribution < 1.29 is 12.8 Å². The molecule has 0 radical (unpaired) electrons. The van der Waals surface area contributed by atoms with Crippen molar-refractivity contribution in [1.82, 2.24) is 5.32 Å². The molecule has 0 fully saturated rings. The summed E-state index contributed by atoms with van der Waals surface area (Å²) in [6, 6.07) is 3.99. The van der Waals surface area contributed by atoms with E-state index in [1.54, 1.807) is 7.05 Å². The Morgan fingerprint density at radius 2 is 2.12 bits per heavy atom. The van der Waals surface area contributed by atoms with Crippen LogP contribution in [-0.4, -0.2) is 27.8 Å². The number of sulfonamides is 1. The Morgan fingerprint density at radius 3 is 2.71 bits per heavy atom. The zero-order chi connectivity index (χ0) is 12.9. The van der Waals surface area contributed by atoms with Crippen molar-refractivity contribution in [3.05, 3.63) is 29.0 Å². The number of para-hydroxylation sites is 1. The van der Waals surface area contributed by atoms with Gasteiger partial charge in [0.25, 0.3) is 0 Å². The van der Waals surface area contributed by atoms with E-state index in [2.05, 4.69) is 10.0 Å². The molecule has 1 rings (SSSR count). The second-order valence-corrected chi connectivity index (χ2v) is 5.72. The van der Waals surface area contributed by atoms with Crippen LogP contribution in [0.3, 0.4) is 0 Å². The normalized spacial score (nSPS) is 11.5. The predicted molar refractivity (Wildman–Crippen MR) is 67.4 cm³/mol. The summed E-state index contributed by atoms with van der Waals surface area (Å²) in [5, 5.41) is 2.88. The standard InChI is InChI=1S/C10H14ClFN2O2S/c1-13-6-3-7-17(15,16)14-10-8(11)4-2-5-9(10)12/h2,4-5,13-14H,3,6-7H2,1H3. The number of nitrogens with one attached hydrogen (secondary N) is 2. The number of halogens is 2. The van der Waals surface area contributed by atoms with Crippen LogP contribution in [0.25, 0.3) is 0 Å². The molecule has 0 aliphatic heterocycles. The van der Waals surface area contributed by atoms with Crippen molar-refractivity contribution in [3.8, 4) is 0 Å². The van der Waals surface area contributed by atoms with Gasteiger partial charge < -0.3 is 5.32 Å². The summed E-state index contributed by atoms with van der Waals surface area (Å²) in [5.74, 6) is -0.770. The second-order valence-electron chi connectivity index (χ2n) is 3.47. The van der Waals surface area contributed by atoms with E-state index in [0.717, 1.165) is 6.07 Å². The van der Waals surface area contributed by atoms with Crippen molar-refractivity contribution >= 4 is 27.3 Å². The zero-order valence-electron chi connectivity index (χ0n) is 9.33. The summed E-state index contributed by atoms with van der Waals surface area (Å²) in [6.45, 7) is 0.575. The first-order valence-electron chi connectivity index (χ1n) is 5.05. The van der Waals surface area contributed by atoms with Crippen LogP contribution in [0.15, 0.2) is 18.2 Å². The van der Waals surface area contributed by atoms with Crippen molar-refractivity contribution in [3.63, 3.8) is 0 Å². The molecule has 0 aliphatic carbocycles. The topological polar surface area (TPSA) is 58.2 Å². The smallest absolute Gasteiger partial charge is 0.232 e. The minimum atomic E-state index is -3.57. The van der Waals surface area contributed by atoms with Crippen LogP contribution in [0.1, 0.15) is 6.42 Å². The summed E-state index contributed by atoms with van der Waals surface area (Å²) in [7, 11) is -1.84. The van der Waals surface area contributed by atoms with Gasteiger partial charge in [-0.2, -0.15) is 0 Å². The van der Waals surface area contributed by atoms with Crippen LogP contribution in [0.4, 0.5) is 10.1 Å². The van der Waals surface area contributed by atoms with Crippen molar-refractivity contribution in [2.75, 3.05) is 24.1 Å². The minimum absolute atomic E-state index is 0.0437. The Kier molecular flexibility index (Phi) is 5.17. The second kappa shape index (κ2) is 6.18. The van der Waals surface area contributed by atoms with E-state index in [-0.39, 0.29) is 16.5 Å². The van der Waals surface area contributed by atoms with Crippen LogP contribution in [-0.2, 0) is 10.0 Å². The molecule has 1 aromatic rings. The van der Waals surface area contributed by atoms with Crippen LogP contribution in [0.5, 0.6) is 0 Å². The molecule has 0 amide bonds. The first kappa shape index (κ1) is 14.2. The van der Waals surface area contributed by atoms with Crippen molar-refractivity contribution in [2.45, 2.75) is 6.42 Å². The van der Waals surface area contributed by atoms with Gasteiger partial charge in [-0.3, -0.25) is 4.72 Å². The maximum absolute atomic E-state index is 13.3. The van der Waals surface area contributed by atoms with Crippen LogP contribution >= 0.6 is 11.6 Å². The Hall–Kier alpha value is -0.850. The monoisotopic (exact) mass is 280 g/mol. The lowest BCUT2D eigenvalue weighted by Crippen LogP contribution is -2.20. The molecule has 17 heavy (non-hydrogen) atoms. The molecule has 2 N–H and O–H groups in total. The van der Waals surface area contributed by atoms with Crippen LogP contribution in [0.2, 0.25) is 5.02 Å². The minimum Gasteiger partial charge on any atom is -0.320 e. The fourth-order valence-corrected chi connectivity index (χ4v) is 2.65. The molecule has 0 saturated carbocycles. The third-order valence-corrected chi connectivity index (χ3v) is 3.72. The summed E-state index contributed by atoms with van der Waals surface area (Å²) in [5.41, 5.74) is -0.196. The van der Waals surface area contributed by atoms with Gasteiger partial charge in [-0.1, -0.05) is 17.7 Å². The molecule has 0 saturated heterocycles. The van der Waals surface area contributed by atoms with Gasteiger partial charge in [0.15, 0.2) is 0 Å². The van der Waals surface area contributed by atoms with E-state index >= 15 is 0 Å². The predicted octanol–water partition coefficient (Wildman–Crippen LogP) is 1.83. The van der Waals surface area contributed by atoms with Crippen LogP contribution in [0, 0.1) is 5.82 Å². The molecule has 4 nitrogen and oxygen atoms in total. The maximum atomic E-state index is 13.3. The largest absolute Gasteiger partial charge is 0.320 e. The Morgan fingerprint density at radius 1 is 1.41 bits per heavy atom. The SMILES string of the molecule is CNCCCS(=O)(=O)Nc1c(F)cccc1Cl. The summed E-state index contributed by atoms with van der Waals surface area (Å²) in [6.07, 6.45) is 0.442. The molecule has 0 unspecified atom stereocenters. The van der Waals surface area contributed by atoms with E-state index < -0.39 is 15.8 Å². The molecule has 1 aromatic carbocycles. The van der Waals surface area contributed by atoms with Gasteiger partial charge in [-0.05, 0) is 32.1 Å². The number of hydrogen-bond donors (Lipinski definition) is 2. The fraction of sp³-hybridized carbons (Fsp3) is 0.400. The molecular formula is C10H14ClFN2O2S. The number of anilines is 1. The Labute approximate surface area is 105 Å². The zero-order valence-corrected chi connectivity index (χ0v) is 10.9. The van der Waals surface area contributed by atoms with Gasteiger partial charge in [0.05, 0.1) is 10.8 Å². The summed E-state index contributed by atoms with van der Waals surface area (Å²) >= 11 is 5.72. The van der Waals surface area contributed by atoms with Gasteiger partial charge in [0, 0.05) is 0 Å².